The molecule has 0 saturated carbocycles. The van der Waals surface area contributed by atoms with Crippen LogP contribution in [-0.4, -0.2) is 40.2 Å². The third-order valence-electron chi connectivity index (χ3n) is 3.55. The van der Waals surface area contributed by atoms with E-state index in [0.29, 0.717) is 6.61 Å². The lowest BCUT2D eigenvalue weighted by atomic mass is 10.1. The first-order valence-electron chi connectivity index (χ1n) is 8.41. The number of para-hydroxylation sites is 1. The number of hydrogen-bond donors (Lipinski definition) is 2. The lowest BCUT2D eigenvalue weighted by Crippen LogP contribution is -2.22. The van der Waals surface area contributed by atoms with Crippen molar-refractivity contribution in [3.63, 3.8) is 0 Å². The number of carboxylic acids is 2. The van der Waals surface area contributed by atoms with Crippen LogP contribution in [0.2, 0.25) is 0 Å². The van der Waals surface area contributed by atoms with Crippen LogP contribution in [0.4, 0.5) is 0 Å². The number of carboxylic acid groups (broad SMARTS) is 2. The summed E-state index contributed by atoms with van der Waals surface area (Å²) in [5.41, 5.74) is 2.61. The largest absolute Gasteiger partial charge is 0.494 e. The Labute approximate surface area is 153 Å². The van der Waals surface area contributed by atoms with Gasteiger partial charge in [-0.1, -0.05) is 55.5 Å². The SMILES string of the molecule is CCOc1ccccc1CN(CC)Cc1ccccc1.O=C(O)C(=O)O. The fourth-order valence-corrected chi connectivity index (χ4v) is 2.29. The normalized spacial score (nSPS) is 9.96. The second kappa shape index (κ2) is 11.7. The minimum Gasteiger partial charge on any atom is -0.494 e. The van der Waals surface area contributed by atoms with Gasteiger partial charge in [-0.05, 0) is 25.1 Å². The van der Waals surface area contributed by atoms with Gasteiger partial charge in [-0.3, -0.25) is 4.90 Å². The molecule has 2 aromatic rings. The zero-order valence-electron chi connectivity index (χ0n) is 15.1. The molecule has 26 heavy (non-hydrogen) atoms. The summed E-state index contributed by atoms with van der Waals surface area (Å²) in [4.78, 5) is 20.6. The molecule has 0 bridgehead atoms. The maximum absolute atomic E-state index is 9.10. The van der Waals surface area contributed by atoms with Crippen molar-refractivity contribution in [2.45, 2.75) is 26.9 Å². The summed E-state index contributed by atoms with van der Waals surface area (Å²) in [6, 6.07) is 18.9. The summed E-state index contributed by atoms with van der Waals surface area (Å²) in [5.74, 6) is -2.65. The molecule has 0 saturated heterocycles. The predicted molar refractivity (Wildman–Crippen MR) is 99.1 cm³/mol. The van der Waals surface area contributed by atoms with Crippen LogP contribution in [0.1, 0.15) is 25.0 Å². The smallest absolute Gasteiger partial charge is 0.414 e. The standard InChI is InChI=1S/C18H23NO.C2H2O4/c1-3-19(14-16-10-6-5-7-11-16)15-17-12-8-9-13-18(17)20-4-2;3-1(4)2(5)6/h5-13H,3-4,14-15H2,1-2H3;(H,3,4)(H,5,6). The van der Waals surface area contributed by atoms with E-state index in [1.807, 2.05) is 13.0 Å². The summed E-state index contributed by atoms with van der Waals surface area (Å²) in [6.07, 6.45) is 0. The van der Waals surface area contributed by atoms with E-state index in [2.05, 4.69) is 60.4 Å². The Morgan fingerprint density at radius 1 is 0.885 bits per heavy atom. The molecule has 2 aromatic carbocycles. The van der Waals surface area contributed by atoms with Crippen LogP contribution in [0.3, 0.4) is 0 Å². The maximum atomic E-state index is 9.10. The van der Waals surface area contributed by atoms with Crippen LogP contribution in [0.5, 0.6) is 5.75 Å². The van der Waals surface area contributed by atoms with Gasteiger partial charge >= 0.3 is 11.9 Å². The molecule has 0 unspecified atom stereocenters. The van der Waals surface area contributed by atoms with Crippen molar-refractivity contribution < 1.29 is 24.5 Å². The van der Waals surface area contributed by atoms with E-state index in [9.17, 15) is 0 Å². The molecule has 0 aliphatic carbocycles. The number of carbonyl (C=O) groups is 2. The molecule has 0 fully saturated rings. The first-order valence-corrected chi connectivity index (χ1v) is 8.41. The monoisotopic (exact) mass is 359 g/mol. The fraction of sp³-hybridized carbons (Fsp3) is 0.300. The van der Waals surface area contributed by atoms with Crippen LogP contribution in [-0.2, 0) is 22.7 Å². The second-order valence-electron chi connectivity index (χ2n) is 5.44. The van der Waals surface area contributed by atoms with E-state index in [-0.39, 0.29) is 0 Å². The molecule has 0 atom stereocenters. The zero-order valence-corrected chi connectivity index (χ0v) is 15.1. The average Bonchev–Trinajstić information content (AvgIpc) is 2.64. The van der Waals surface area contributed by atoms with Crippen molar-refractivity contribution >= 4 is 11.9 Å². The molecule has 0 amide bonds. The van der Waals surface area contributed by atoms with E-state index in [0.717, 1.165) is 25.4 Å². The number of ether oxygens (including phenoxy) is 1. The van der Waals surface area contributed by atoms with Crippen LogP contribution in [0.25, 0.3) is 0 Å². The van der Waals surface area contributed by atoms with Gasteiger partial charge in [-0.2, -0.15) is 0 Å². The zero-order chi connectivity index (χ0) is 19.4. The quantitative estimate of drug-likeness (QED) is 0.738. The van der Waals surface area contributed by atoms with Crippen LogP contribution in [0.15, 0.2) is 54.6 Å². The van der Waals surface area contributed by atoms with Gasteiger partial charge in [-0.25, -0.2) is 9.59 Å². The van der Waals surface area contributed by atoms with Crippen LogP contribution < -0.4 is 4.74 Å². The molecule has 0 radical (unpaired) electrons. The summed E-state index contributed by atoms with van der Waals surface area (Å²) >= 11 is 0. The number of hydrogen-bond acceptors (Lipinski definition) is 4. The van der Waals surface area contributed by atoms with Gasteiger partial charge in [0.1, 0.15) is 5.75 Å². The summed E-state index contributed by atoms with van der Waals surface area (Å²) in [6.45, 7) is 7.85. The molecule has 140 valence electrons. The van der Waals surface area contributed by atoms with Gasteiger partial charge in [0.25, 0.3) is 0 Å². The van der Waals surface area contributed by atoms with Gasteiger partial charge in [0, 0.05) is 18.7 Å². The fourth-order valence-electron chi connectivity index (χ4n) is 2.29. The van der Waals surface area contributed by atoms with Crippen LogP contribution >= 0.6 is 0 Å². The van der Waals surface area contributed by atoms with E-state index >= 15 is 0 Å². The predicted octanol–water partition coefficient (Wildman–Crippen LogP) is 3.26. The number of nitrogens with zero attached hydrogens (tertiary/aromatic N) is 1. The maximum Gasteiger partial charge on any atom is 0.414 e. The highest BCUT2D eigenvalue weighted by Crippen LogP contribution is 2.20. The average molecular weight is 359 g/mol. The lowest BCUT2D eigenvalue weighted by Gasteiger charge is -2.22. The van der Waals surface area contributed by atoms with Crippen LogP contribution in [0, 0.1) is 0 Å². The lowest BCUT2D eigenvalue weighted by molar-refractivity contribution is -0.159. The Morgan fingerprint density at radius 2 is 1.46 bits per heavy atom. The molecule has 0 spiro atoms. The molecule has 0 aliphatic heterocycles. The minimum atomic E-state index is -1.82. The molecule has 0 heterocycles. The molecule has 0 aliphatic rings. The Balaban J connectivity index is 0.000000487. The van der Waals surface area contributed by atoms with Crippen molar-refractivity contribution in [1.29, 1.82) is 0 Å². The number of benzene rings is 2. The molecule has 0 aromatic heterocycles. The Morgan fingerprint density at radius 3 is 2.00 bits per heavy atom. The van der Waals surface area contributed by atoms with Crippen molar-refractivity contribution in [3.8, 4) is 5.75 Å². The topological polar surface area (TPSA) is 87.1 Å². The Kier molecular flexibility index (Phi) is 9.49. The minimum absolute atomic E-state index is 0.710. The highest BCUT2D eigenvalue weighted by Gasteiger charge is 2.08. The second-order valence-corrected chi connectivity index (χ2v) is 5.44. The molecular weight excluding hydrogens is 334 g/mol. The van der Waals surface area contributed by atoms with Gasteiger partial charge < -0.3 is 14.9 Å². The molecule has 6 heteroatoms. The highest BCUT2D eigenvalue weighted by atomic mass is 16.5. The third kappa shape index (κ3) is 7.81. The first kappa shape index (κ1) is 21.2. The number of aliphatic carboxylic acids is 2. The van der Waals surface area contributed by atoms with Crippen molar-refractivity contribution in [3.05, 3.63) is 65.7 Å². The van der Waals surface area contributed by atoms with Gasteiger partial charge in [0.05, 0.1) is 6.61 Å². The molecular formula is C20H25NO5. The van der Waals surface area contributed by atoms with Crippen molar-refractivity contribution in [2.24, 2.45) is 0 Å². The number of rotatable bonds is 7. The van der Waals surface area contributed by atoms with Gasteiger partial charge in [0.15, 0.2) is 0 Å². The van der Waals surface area contributed by atoms with E-state index in [4.69, 9.17) is 24.5 Å². The third-order valence-corrected chi connectivity index (χ3v) is 3.55. The van der Waals surface area contributed by atoms with Crippen molar-refractivity contribution in [1.82, 2.24) is 4.90 Å². The summed E-state index contributed by atoms with van der Waals surface area (Å²) in [5, 5.41) is 14.8. The highest BCUT2D eigenvalue weighted by molar-refractivity contribution is 6.27. The molecule has 2 N–H and O–H groups in total. The Bertz CT molecular complexity index is 676. The van der Waals surface area contributed by atoms with Crippen molar-refractivity contribution in [2.75, 3.05) is 13.2 Å². The summed E-state index contributed by atoms with van der Waals surface area (Å²) in [7, 11) is 0. The van der Waals surface area contributed by atoms with Gasteiger partial charge in [0.2, 0.25) is 0 Å². The first-order chi connectivity index (χ1) is 12.5. The summed E-state index contributed by atoms with van der Waals surface area (Å²) < 4.78 is 5.71. The van der Waals surface area contributed by atoms with E-state index in [1.165, 1.54) is 11.1 Å². The van der Waals surface area contributed by atoms with E-state index in [1.54, 1.807) is 0 Å². The van der Waals surface area contributed by atoms with Gasteiger partial charge in [-0.15, -0.1) is 0 Å². The van der Waals surface area contributed by atoms with E-state index < -0.39 is 11.9 Å². The Hall–Kier alpha value is -2.86. The molecule has 6 nitrogen and oxygen atoms in total. The molecule has 2 rings (SSSR count).